The predicted molar refractivity (Wildman–Crippen MR) is 87.3 cm³/mol. The third kappa shape index (κ3) is 3.86. The number of nitrogens with zero attached hydrogens (tertiary/aromatic N) is 3. The summed E-state index contributed by atoms with van der Waals surface area (Å²) >= 11 is 0. The first-order chi connectivity index (χ1) is 11.2. The van der Waals surface area contributed by atoms with E-state index in [1.807, 2.05) is 30.0 Å². The van der Waals surface area contributed by atoms with Gasteiger partial charge in [0.25, 0.3) is 5.91 Å². The maximum absolute atomic E-state index is 12.4. The molecule has 5 heteroatoms. The number of hydrogen-bond acceptors (Lipinski definition) is 4. The van der Waals surface area contributed by atoms with Crippen molar-refractivity contribution in [3.8, 4) is 5.88 Å². The minimum Gasteiger partial charge on any atom is -0.477 e. The molecular weight excluding hydrogens is 290 g/mol. The quantitative estimate of drug-likeness (QED) is 0.871. The third-order valence-electron chi connectivity index (χ3n) is 4.23. The molecule has 2 aromatic rings. The molecular formula is C18H21N3O2. The number of hydrogen-bond donors (Lipinski definition) is 0. The molecule has 2 aromatic heterocycles. The number of rotatable bonds is 4. The molecule has 23 heavy (non-hydrogen) atoms. The Morgan fingerprint density at radius 1 is 1.26 bits per heavy atom. The highest BCUT2D eigenvalue weighted by molar-refractivity contribution is 5.93. The molecule has 0 aromatic carbocycles. The largest absolute Gasteiger partial charge is 0.477 e. The molecule has 3 rings (SSSR count). The highest BCUT2D eigenvalue weighted by atomic mass is 16.5. The summed E-state index contributed by atoms with van der Waals surface area (Å²) in [6, 6.07) is 7.51. The van der Waals surface area contributed by atoms with Crippen LogP contribution in [0.2, 0.25) is 0 Å². The molecule has 0 radical (unpaired) electrons. The van der Waals surface area contributed by atoms with Crippen LogP contribution in [0.5, 0.6) is 5.88 Å². The van der Waals surface area contributed by atoms with Gasteiger partial charge >= 0.3 is 0 Å². The lowest BCUT2D eigenvalue weighted by atomic mass is 9.97. The first-order valence-corrected chi connectivity index (χ1v) is 7.98. The predicted octanol–water partition coefficient (Wildman–Crippen LogP) is 2.72. The second-order valence-corrected chi connectivity index (χ2v) is 5.91. The summed E-state index contributed by atoms with van der Waals surface area (Å²) in [4.78, 5) is 22.5. The van der Waals surface area contributed by atoms with E-state index in [-0.39, 0.29) is 5.91 Å². The Hall–Kier alpha value is -2.43. The van der Waals surface area contributed by atoms with Gasteiger partial charge in [0.15, 0.2) is 0 Å². The Morgan fingerprint density at radius 3 is 2.74 bits per heavy atom. The average molecular weight is 311 g/mol. The van der Waals surface area contributed by atoms with E-state index in [1.54, 1.807) is 24.7 Å². The molecule has 1 amide bonds. The molecule has 1 aliphatic rings. The number of aromatic nitrogens is 2. The van der Waals surface area contributed by atoms with Gasteiger partial charge in [-0.05, 0) is 43.9 Å². The summed E-state index contributed by atoms with van der Waals surface area (Å²) < 4.78 is 5.83. The van der Waals surface area contributed by atoms with Gasteiger partial charge in [-0.1, -0.05) is 6.07 Å². The summed E-state index contributed by atoms with van der Waals surface area (Å²) in [6.45, 7) is 4.19. The number of amides is 1. The van der Waals surface area contributed by atoms with Gasteiger partial charge in [-0.15, -0.1) is 0 Å². The van der Waals surface area contributed by atoms with Crippen molar-refractivity contribution in [1.29, 1.82) is 0 Å². The first kappa shape index (κ1) is 15.5. The van der Waals surface area contributed by atoms with E-state index < -0.39 is 0 Å². The summed E-state index contributed by atoms with van der Waals surface area (Å²) in [5.41, 5.74) is 1.71. The van der Waals surface area contributed by atoms with Crippen LogP contribution >= 0.6 is 0 Å². The lowest BCUT2D eigenvalue weighted by Gasteiger charge is -2.31. The van der Waals surface area contributed by atoms with Crippen LogP contribution in [0.25, 0.3) is 0 Å². The minimum absolute atomic E-state index is 0.0676. The molecule has 0 N–H and O–H groups in total. The zero-order valence-electron chi connectivity index (χ0n) is 13.3. The molecule has 0 bridgehead atoms. The van der Waals surface area contributed by atoms with Gasteiger partial charge in [0.2, 0.25) is 5.88 Å². The zero-order chi connectivity index (χ0) is 16.1. The van der Waals surface area contributed by atoms with Crippen LogP contribution in [0.1, 0.15) is 28.8 Å². The van der Waals surface area contributed by atoms with E-state index in [4.69, 9.17) is 4.74 Å². The van der Waals surface area contributed by atoms with Crippen molar-refractivity contribution in [2.45, 2.75) is 19.8 Å². The highest BCUT2D eigenvalue weighted by Crippen LogP contribution is 2.21. The fourth-order valence-electron chi connectivity index (χ4n) is 2.79. The van der Waals surface area contributed by atoms with Gasteiger partial charge in [-0.2, -0.15) is 0 Å². The van der Waals surface area contributed by atoms with Gasteiger partial charge < -0.3 is 9.64 Å². The Bertz CT molecular complexity index is 652. The highest BCUT2D eigenvalue weighted by Gasteiger charge is 2.24. The van der Waals surface area contributed by atoms with Crippen LogP contribution in [0.15, 0.2) is 42.9 Å². The molecule has 0 aliphatic carbocycles. The topological polar surface area (TPSA) is 55.3 Å². The Balaban J connectivity index is 1.49. The lowest BCUT2D eigenvalue weighted by Crippen LogP contribution is -2.39. The third-order valence-corrected chi connectivity index (χ3v) is 4.23. The van der Waals surface area contributed by atoms with Crippen LogP contribution < -0.4 is 4.74 Å². The molecule has 1 saturated heterocycles. The monoisotopic (exact) mass is 311 g/mol. The van der Waals surface area contributed by atoms with Crippen molar-refractivity contribution in [1.82, 2.24) is 14.9 Å². The number of pyridine rings is 2. The number of aryl methyl sites for hydroxylation is 1. The summed E-state index contributed by atoms with van der Waals surface area (Å²) in [5, 5.41) is 0. The number of carbonyl (C=O) groups excluding carboxylic acids is 1. The fourth-order valence-corrected chi connectivity index (χ4v) is 2.79. The van der Waals surface area contributed by atoms with Crippen molar-refractivity contribution >= 4 is 5.91 Å². The second-order valence-electron chi connectivity index (χ2n) is 5.91. The maximum atomic E-state index is 12.4. The summed E-state index contributed by atoms with van der Waals surface area (Å²) in [6.07, 6.45) is 6.97. The maximum Gasteiger partial charge on any atom is 0.255 e. The molecule has 120 valence electrons. The van der Waals surface area contributed by atoms with Gasteiger partial charge in [-0.3, -0.25) is 9.78 Å². The van der Waals surface area contributed by atoms with Crippen LogP contribution in [0, 0.1) is 12.8 Å². The molecule has 0 unspecified atom stereocenters. The van der Waals surface area contributed by atoms with Crippen molar-refractivity contribution in [2.75, 3.05) is 19.7 Å². The van der Waals surface area contributed by atoms with Crippen molar-refractivity contribution < 1.29 is 9.53 Å². The molecule has 0 spiro atoms. The molecule has 1 aliphatic heterocycles. The fraction of sp³-hybridized carbons (Fsp3) is 0.389. The van der Waals surface area contributed by atoms with Crippen LogP contribution in [0.3, 0.4) is 0 Å². The molecule has 0 saturated carbocycles. The SMILES string of the molecule is Cc1cccnc1OCC1CCN(C(=O)c2cccnc2)CC1. The second kappa shape index (κ2) is 7.22. The van der Waals surface area contributed by atoms with Gasteiger partial charge in [0.1, 0.15) is 0 Å². The van der Waals surface area contributed by atoms with Gasteiger partial charge in [0, 0.05) is 37.2 Å². The molecule has 1 fully saturated rings. The molecule has 5 nitrogen and oxygen atoms in total. The number of likely N-dealkylation sites (tertiary alicyclic amines) is 1. The van der Waals surface area contributed by atoms with Crippen LogP contribution in [0.4, 0.5) is 0 Å². The Labute approximate surface area is 136 Å². The summed E-state index contributed by atoms with van der Waals surface area (Å²) in [5.74, 6) is 1.24. The van der Waals surface area contributed by atoms with E-state index in [0.29, 0.717) is 24.0 Å². The zero-order valence-corrected chi connectivity index (χ0v) is 13.3. The van der Waals surface area contributed by atoms with Gasteiger partial charge in [0.05, 0.1) is 12.2 Å². The molecule has 3 heterocycles. The lowest BCUT2D eigenvalue weighted by molar-refractivity contribution is 0.0658. The average Bonchev–Trinajstić information content (AvgIpc) is 2.62. The number of carbonyl (C=O) groups is 1. The number of ether oxygens (including phenoxy) is 1. The van der Waals surface area contributed by atoms with E-state index in [1.165, 1.54) is 0 Å². The smallest absolute Gasteiger partial charge is 0.255 e. The standard InChI is InChI=1S/C18H21N3O2/c1-14-4-2-9-20-17(14)23-13-15-6-10-21(11-7-15)18(22)16-5-3-8-19-12-16/h2-5,8-9,12,15H,6-7,10-11,13H2,1H3. The van der Waals surface area contributed by atoms with E-state index in [2.05, 4.69) is 9.97 Å². The van der Waals surface area contributed by atoms with E-state index in [0.717, 1.165) is 31.5 Å². The van der Waals surface area contributed by atoms with E-state index >= 15 is 0 Å². The summed E-state index contributed by atoms with van der Waals surface area (Å²) in [7, 11) is 0. The van der Waals surface area contributed by atoms with Crippen LogP contribution in [-0.2, 0) is 0 Å². The van der Waals surface area contributed by atoms with E-state index in [9.17, 15) is 4.79 Å². The van der Waals surface area contributed by atoms with Gasteiger partial charge in [-0.25, -0.2) is 4.98 Å². The normalized spacial score (nSPS) is 15.4. The Kier molecular flexibility index (Phi) is 4.86. The van der Waals surface area contributed by atoms with Crippen molar-refractivity contribution in [3.63, 3.8) is 0 Å². The minimum atomic E-state index is 0.0676. The van der Waals surface area contributed by atoms with Crippen molar-refractivity contribution in [3.05, 3.63) is 54.0 Å². The molecule has 0 atom stereocenters. The first-order valence-electron chi connectivity index (χ1n) is 7.98. The Morgan fingerprint density at radius 2 is 2.04 bits per heavy atom. The number of piperidine rings is 1. The van der Waals surface area contributed by atoms with Crippen LogP contribution in [-0.4, -0.2) is 40.5 Å². The van der Waals surface area contributed by atoms with Crippen molar-refractivity contribution in [2.24, 2.45) is 5.92 Å².